The summed E-state index contributed by atoms with van der Waals surface area (Å²) in [6.45, 7) is 5.82. The number of hydrogen-bond donors (Lipinski definition) is 1. The Morgan fingerprint density at radius 2 is 1.94 bits per heavy atom. The molecule has 1 atom stereocenters. The van der Waals surface area contributed by atoms with E-state index < -0.39 is 0 Å². The molecule has 0 spiro atoms. The monoisotopic (exact) mass is 241 g/mol. The third-order valence-electron chi connectivity index (χ3n) is 2.49. The van der Waals surface area contributed by atoms with Gasteiger partial charge in [-0.25, -0.2) is 0 Å². The van der Waals surface area contributed by atoms with Crippen LogP contribution < -0.4 is 10.1 Å². The summed E-state index contributed by atoms with van der Waals surface area (Å²) in [6, 6.07) is 10.2. The van der Waals surface area contributed by atoms with Crippen LogP contribution in [0.15, 0.2) is 30.3 Å². The zero-order chi connectivity index (χ0) is 11.8. The standard InChI is InChI=1S/C13H20ClNO/c1-11(2)13(10-14)15-8-9-16-12-6-4-3-5-7-12/h3-7,11,13,15H,8-10H2,1-2H3. The van der Waals surface area contributed by atoms with Crippen molar-refractivity contribution in [3.63, 3.8) is 0 Å². The molecular weight excluding hydrogens is 222 g/mol. The van der Waals surface area contributed by atoms with Gasteiger partial charge in [0, 0.05) is 18.5 Å². The minimum Gasteiger partial charge on any atom is -0.492 e. The number of rotatable bonds is 7. The first kappa shape index (κ1) is 13.3. The molecule has 0 aromatic heterocycles. The zero-order valence-electron chi connectivity index (χ0n) is 9.95. The van der Waals surface area contributed by atoms with Crippen LogP contribution >= 0.6 is 11.6 Å². The van der Waals surface area contributed by atoms with Crippen molar-refractivity contribution in [1.29, 1.82) is 0 Å². The topological polar surface area (TPSA) is 21.3 Å². The largest absolute Gasteiger partial charge is 0.492 e. The average Bonchev–Trinajstić information content (AvgIpc) is 2.30. The van der Waals surface area contributed by atoms with E-state index in [0.717, 1.165) is 12.3 Å². The number of benzene rings is 1. The van der Waals surface area contributed by atoms with E-state index in [-0.39, 0.29) is 0 Å². The van der Waals surface area contributed by atoms with Crippen molar-refractivity contribution in [2.45, 2.75) is 19.9 Å². The van der Waals surface area contributed by atoms with Crippen molar-refractivity contribution >= 4 is 11.6 Å². The molecular formula is C13H20ClNO. The van der Waals surface area contributed by atoms with Crippen LogP contribution in [-0.4, -0.2) is 25.1 Å². The van der Waals surface area contributed by atoms with Gasteiger partial charge < -0.3 is 10.1 Å². The normalized spacial score (nSPS) is 12.8. The van der Waals surface area contributed by atoms with Crippen LogP contribution in [0, 0.1) is 5.92 Å². The first-order chi connectivity index (χ1) is 7.74. The number of ether oxygens (including phenoxy) is 1. The van der Waals surface area contributed by atoms with E-state index in [1.807, 2.05) is 30.3 Å². The highest BCUT2D eigenvalue weighted by Gasteiger charge is 2.10. The molecule has 0 saturated heterocycles. The third kappa shape index (κ3) is 4.86. The van der Waals surface area contributed by atoms with Gasteiger partial charge in [0.05, 0.1) is 0 Å². The summed E-state index contributed by atoms with van der Waals surface area (Å²) < 4.78 is 5.58. The molecule has 0 amide bonds. The van der Waals surface area contributed by atoms with Gasteiger partial charge in [0.2, 0.25) is 0 Å². The highest BCUT2D eigenvalue weighted by molar-refractivity contribution is 6.18. The van der Waals surface area contributed by atoms with Gasteiger partial charge in [-0.2, -0.15) is 0 Å². The Hall–Kier alpha value is -0.730. The second-order valence-corrected chi connectivity index (χ2v) is 4.43. The van der Waals surface area contributed by atoms with E-state index in [1.54, 1.807) is 0 Å². The van der Waals surface area contributed by atoms with Crippen LogP contribution in [-0.2, 0) is 0 Å². The maximum Gasteiger partial charge on any atom is 0.119 e. The van der Waals surface area contributed by atoms with Crippen LogP contribution in [0.4, 0.5) is 0 Å². The molecule has 0 radical (unpaired) electrons. The molecule has 0 aliphatic carbocycles. The molecule has 0 aliphatic heterocycles. The summed E-state index contributed by atoms with van der Waals surface area (Å²) in [5, 5.41) is 3.38. The minimum absolute atomic E-state index is 0.362. The van der Waals surface area contributed by atoms with Gasteiger partial charge in [-0.05, 0) is 18.1 Å². The summed E-state index contributed by atoms with van der Waals surface area (Å²) in [5.74, 6) is 2.11. The van der Waals surface area contributed by atoms with Gasteiger partial charge in [0.15, 0.2) is 0 Å². The Kier molecular flexibility index (Phi) is 6.27. The van der Waals surface area contributed by atoms with Gasteiger partial charge in [0.25, 0.3) is 0 Å². The average molecular weight is 242 g/mol. The molecule has 2 nitrogen and oxygen atoms in total. The van der Waals surface area contributed by atoms with Gasteiger partial charge in [-0.15, -0.1) is 11.6 Å². The van der Waals surface area contributed by atoms with Crippen molar-refractivity contribution < 1.29 is 4.74 Å². The Bertz CT molecular complexity index is 277. The zero-order valence-corrected chi connectivity index (χ0v) is 10.7. The van der Waals surface area contributed by atoms with E-state index >= 15 is 0 Å². The summed E-state index contributed by atoms with van der Waals surface area (Å²) in [4.78, 5) is 0. The van der Waals surface area contributed by atoms with E-state index in [2.05, 4.69) is 19.2 Å². The molecule has 1 rings (SSSR count). The molecule has 1 aromatic carbocycles. The second kappa shape index (κ2) is 7.53. The summed E-state index contributed by atoms with van der Waals surface area (Å²) >= 11 is 5.86. The van der Waals surface area contributed by atoms with Crippen LogP contribution in [0.5, 0.6) is 5.75 Å². The lowest BCUT2D eigenvalue weighted by Crippen LogP contribution is -2.37. The van der Waals surface area contributed by atoms with Crippen LogP contribution in [0.1, 0.15) is 13.8 Å². The second-order valence-electron chi connectivity index (χ2n) is 4.12. The highest BCUT2D eigenvalue weighted by atomic mass is 35.5. The molecule has 1 unspecified atom stereocenters. The number of hydrogen-bond acceptors (Lipinski definition) is 2. The molecule has 90 valence electrons. The minimum atomic E-state index is 0.362. The molecule has 0 saturated carbocycles. The summed E-state index contributed by atoms with van der Waals surface area (Å²) in [6.07, 6.45) is 0. The lowest BCUT2D eigenvalue weighted by Gasteiger charge is -2.19. The van der Waals surface area contributed by atoms with E-state index in [4.69, 9.17) is 16.3 Å². The van der Waals surface area contributed by atoms with Crippen molar-refractivity contribution in [2.24, 2.45) is 5.92 Å². The quantitative estimate of drug-likeness (QED) is 0.586. The maximum atomic E-state index is 5.86. The van der Waals surface area contributed by atoms with E-state index in [9.17, 15) is 0 Å². The smallest absolute Gasteiger partial charge is 0.119 e. The van der Waals surface area contributed by atoms with Crippen molar-refractivity contribution in [1.82, 2.24) is 5.32 Å². The number of alkyl halides is 1. The van der Waals surface area contributed by atoms with Gasteiger partial charge in [-0.1, -0.05) is 32.0 Å². The maximum absolute atomic E-state index is 5.86. The fourth-order valence-electron chi connectivity index (χ4n) is 1.40. The molecule has 1 aromatic rings. The highest BCUT2D eigenvalue weighted by Crippen LogP contribution is 2.08. The Morgan fingerprint density at radius 1 is 1.25 bits per heavy atom. The Balaban J connectivity index is 2.16. The molecule has 1 N–H and O–H groups in total. The summed E-state index contributed by atoms with van der Waals surface area (Å²) in [7, 11) is 0. The molecule has 0 aliphatic rings. The van der Waals surface area contributed by atoms with Crippen molar-refractivity contribution in [3.05, 3.63) is 30.3 Å². The molecule has 16 heavy (non-hydrogen) atoms. The third-order valence-corrected chi connectivity index (χ3v) is 2.82. The predicted octanol–water partition coefficient (Wildman–Crippen LogP) is 2.92. The van der Waals surface area contributed by atoms with E-state index in [1.165, 1.54) is 0 Å². The first-order valence-electron chi connectivity index (χ1n) is 5.71. The molecule has 0 heterocycles. The fourth-order valence-corrected chi connectivity index (χ4v) is 1.86. The van der Waals surface area contributed by atoms with Crippen LogP contribution in [0.3, 0.4) is 0 Å². The lowest BCUT2D eigenvalue weighted by molar-refractivity contribution is 0.297. The SMILES string of the molecule is CC(C)C(CCl)NCCOc1ccccc1. The van der Waals surface area contributed by atoms with Gasteiger partial charge in [0.1, 0.15) is 12.4 Å². The molecule has 0 bridgehead atoms. The van der Waals surface area contributed by atoms with Gasteiger partial charge >= 0.3 is 0 Å². The Morgan fingerprint density at radius 3 is 2.50 bits per heavy atom. The van der Waals surface area contributed by atoms with Crippen molar-refractivity contribution in [2.75, 3.05) is 19.0 Å². The predicted molar refractivity (Wildman–Crippen MR) is 69.3 cm³/mol. The Labute approximate surface area is 103 Å². The summed E-state index contributed by atoms with van der Waals surface area (Å²) in [5.41, 5.74) is 0. The number of halogens is 1. The lowest BCUT2D eigenvalue weighted by atomic mass is 10.1. The number of nitrogens with one attached hydrogen (secondary N) is 1. The van der Waals surface area contributed by atoms with Crippen LogP contribution in [0.2, 0.25) is 0 Å². The molecule has 0 fully saturated rings. The number of para-hydroxylation sites is 1. The van der Waals surface area contributed by atoms with Gasteiger partial charge in [-0.3, -0.25) is 0 Å². The first-order valence-corrected chi connectivity index (χ1v) is 6.24. The fraction of sp³-hybridized carbons (Fsp3) is 0.538. The van der Waals surface area contributed by atoms with Crippen LogP contribution in [0.25, 0.3) is 0 Å². The van der Waals surface area contributed by atoms with Crippen molar-refractivity contribution in [3.8, 4) is 5.75 Å². The van der Waals surface area contributed by atoms with E-state index in [0.29, 0.717) is 24.4 Å². The molecule has 3 heteroatoms.